The van der Waals surface area contributed by atoms with Gasteiger partial charge < -0.3 is 9.47 Å². The Balaban J connectivity index is 1.87. The first-order valence-corrected chi connectivity index (χ1v) is 8.10. The lowest BCUT2D eigenvalue weighted by molar-refractivity contribution is -0.149. The topological polar surface area (TPSA) is 35.5 Å². The van der Waals surface area contributed by atoms with Crippen molar-refractivity contribution in [2.75, 3.05) is 13.2 Å². The SMILES string of the molecule is CCCCCCCCCC(=O)OCC1CCCCO1. The van der Waals surface area contributed by atoms with Crippen molar-refractivity contribution in [1.29, 1.82) is 0 Å². The second kappa shape index (κ2) is 11.3. The Morgan fingerprint density at radius 3 is 2.53 bits per heavy atom. The Bertz CT molecular complexity index is 222. The van der Waals surface area contributed by atoms with Crippen LogP contribution >= 0.6 is 0 Å². The summed E-state index contributed by atoms with van der Waals surface area (Å²) in [6.07, 6.45) is 12.7. The standard InChI is InChI=1S/C16H30O3/c1-2-3-4-5-6-7-8-12-16(17)19-14-15-11-9-10-13-18-15/h15H,2-14H2,1H3. The highest BCUT2D eigenvalue weighted by atomic mass is 16.6. The van der Waals surface area contributed by atoms with Crippen LogP contribution in [0, 0.1) is 0 Å². The molecule has 0 aromatic carbocycles. The number of carbonyl (C=O) groups is 1. The first-order valence-electron chi connectivity index (χ1n) is 8.10. The first kappa shape index (κ1) is 16.5. The van der Waals surface area contributed by atoms with Crippen molar-refractivity contribution in [3.63, 3.8) is 0 Å². The summed E-state index contributed by atoms with van der Waals surface area (Å²) < 4.78 is 10.8. The molecule has 112 valence electrons. The Hall–Kier alpha value is -0.570. The molecular weight excluding hydrogens is 240 g/mol. The van der Waals surface area contributed by atoms with Gasteiger partial charge in [-0.2, -0.15) is 0 Å². The molecule has 3 heteroatoms. The zero-order valence-electron chi connectivity index (χ0n) is 12.5. The monoisotopic (exact) mass is 270 g/mol. The van der Waals surface area contributed by atoms with E-state index in [-0.39, 0.29) is 12.1 Å². The van der Waals surface area contributed by atoms with Gasteiger partial charge in [-0.25, -0.2) is 0 Å². The number of hydrogen-bond acceptors (Lipinski definition) is 3. The third-order valence-corrected chi connectivity index (χ3v) is 3.69. The molecule has 0 bridgehead atoms. The predicted octanol–water partition coefficient (Wildman–Crippen LogP) is 4.24. The van der Waals surface area contributed by atoms with Crippen molar-refractivity contribution in [3.05, 3.63) is 0 Å². The number of unbranched alkanes of at least 4 members (excludes halogenated alkanes) is 6. The van der Waals surface area contributed by atoms with Gasteiger partial charge in [0.15, 0.2) is 0 Å². The second-order valence-corrected chi connectivity index (χ2v) is 5.54. The molecule has 1 aliphatic heterocycles. The smallest absolute Gasteiger partial charge is 0.305 e. The van der Waals surface area contributed by atoms with Crippen LogP contribution in [0.1, 0.15) is 77.6 Å². The van der Waals surface area contributed by atoms with E-state index in [0.29, 0.717) is 13.0 Å². The van der Waals surface area contributed by atoms with Crippen molar-refractivity contribution in [1.82, 2.24) is 0 Å². The summed E-state index contributed by atoms with van der Waals surface area (Å²) in [5.74, 6) is -0.0530. The summed E-state index contributed by atoms with van der Waals surface area (Å²) in [5, 5.41) is 0. The van der Waals surface area contributed by atoms with Crippen molar-refractivity contribution < 1.29 is 14.3 Å². The maximum Gasteiger partial charge on any atom is 0.305 e. The van der Waals surface area contributed by atoms with Crippen LogP contribution in [0.25, 0.3) is 0 Å². The predicted molar refractivity (Wildman–Crippen MR) is 77.2 cm³/mol. The van der Waals surface area contributed by atoms with Gasteiger partial charge >= 0.3 is 5.97 Å². The van der Waals surface area contributed by atoms with Crippen LogP contribution < -0.4 is 0 Å². The number of esters is 1. The van der Waals surface area contributed by atoms with E-state index in [9.17, 15) is 4.79 Å². The fraction of sp³-hybridized carbons (Fsp3) is 0.938. The summed E-state index contributed by atoms with van der Waals surface area (Å²) in [6.45, 7) is 3.50. The van der Waals surface area contributed by atoms with Crippen LogP contribution in [-0.2, 0) is 14.3 Å². The number of ether oxygens (including phenoxy) is 2. The molecule has 0 amide bonds. The molecule has 0 aromatic heterocycles. The molecular formula is C16H30O3. The number of carbonyl (C=O) groups excluding carboxylic acids is 1. The highest BCUT2D eigenvalue weighted by molar-refractivity contribution is 5.69. The lowest BCUT2D eigenvalue weighted by atomic mass is 10.1. The molecule has 0 N–H and O–H groups in total. The van der Waals surface area contributed by atoms with Gasteiger partial charge in [0.05, 0.1) is 6.10 Å². The maximum absolute atomic E-state index is 11.5. The molecule has 1 heterocycles. The van der Waals surface area contributed by atoms with E-state index >= 15 is 0 Å². The lowest BCUT2D eigenvalue weighted by Gasteiger charge is -2.22. The van der Waals surface area contributed by atoms with Crippen molar-refractivity contribution in [2.45, 2.75) is 83.7 Å². The molecule has 1 saturated heterocycles. The van der Waals surface area contributed by atoms with Gasteiger partial charge in [0.25, 0.3) is 0 Å². The van der Waals surface area contributed by atoms with Gasteiger partial charge in [-0.1, -0.05) is 45.4 Å². The van der Waals surface area contributed by atoms with Crippen LogP contribution in [-0.4, -0.2) is 25.3 Å². The molecule has 0 saturated carbocycles. The minimum absolute atomic E-state index is 0.0530. The van der Waals surface area contributed by atoms with Gasteiger partial charge in [-0.15, -0.1) is 0 Å². The Morgan fingerprint density at radius 2 is 1.84 bits per heavy atom. The van der Waals surface area contributed by atoms with Crippen molar-refractivity contribution >= 4 is 5.97 Å². The average Bonchev–Trinajstić information content (AvgIpc) is 2.45. The minimum atomic E-state index is -0.0530. The summed E-state index contributed by atoms with van der Waals surface area (Å²) in [5.41, 5.74) is 0. The van der Waals surface area contributed by atoms with Crippen molar-refractivity contribution in [2.24, 2.45) is 0 Å². The van der Waals surface area contributed by atoms with Crippen LogP contribution in [0.3, 0.4) is 0 Å². The summed E-state index contributed by atoms with van der Waals surface area (Å²) in [4.78, 5) is 11.5. The summed E-state index contributed by atoms with van der Waals surface area (Å²) in [6, 6.07) is 0. The van der Waals surface area contributed by atoms with Crippen LogP contribution in [0.15, 0.2) is 0 Å². The van der Waals surface area contributed by atoms with Crippen molar-refractivity contribution in [3.8, 4) is 0 Å². The Morgan fingerprint density at radius 1 is 1.11 bits per heavy atom. The second-order valence-electron chi connectivity index (χ2n) is 5.54. The average molecular weight is 270 g/mol. The van der Waals surface area contributed by atoms with Gasteiger partial charge in [-0.05, 0) is 25.7 Å². The minimum Gasteiger partial charge on any atom is -0.463 e. The van der Waals surface area contributed by atoms with E-state index in [1.165, 1.54) is 38.5 Å². The molecule has 0 aliphatic carbocycles. The highest BCUT2D eigenvalue weighted by Gasteiger charge is 2.15. The normalized spacial score (nSPS) is 19.3. The highest BCUT2D eigenvalue weighted by Crippen LogP contribution is 2.13. The third kappa shape index (κ3) is 9.04. The molecule has 0 radical (unpaired) electrons. The number of rotatable bonds is 10. The first-order chi connectivity index (χ1) is 9.33. The molecule has 0 aromatic rings. The summed E-state index contributed by atoms with van der Waals surface area (Å²) >= 11 is 0. The zero-order valence-corrected chi connectivity index (χ0v) is 12.5. The maximum atomic E-state index is 11.5. The Kier molecular flexibility index (Phi) is 9.78. The van der Waals surface area contributed by atoms with Crippen LogP contribution in [0.2, 0.25) is 0 Å². The van der Waals surface area contributed by atoms with Gasteiger partial charge in [0.1, 0.15) is 6.61 Å². The zero-order chi connectivity index (χ0) is 13.8. The van der Waals surface area contributed by atoms with Gasteiger partial charge in [0, 0.05) is 13.0 Å². The third-order valence-electron chi connectivity index (χ3n) is 3.69. The van der Waals surface area contributed by atoms with E-state index in [4.69, 9.17) is 9.47 Å². The van der Waals surface area contributed by atoms with E-state index in [1.807, 2.05) is 0 Å². The molecule has 19 heavy (non-hydrogen) atoms. The largest absolute Gasteiger partial charge is 0.463 e. The quantitative estimate of drug-likeness (QED) is 0.440. The van der Waals surface area contributed by atoms with E-state index in [1.54, 1.807) is 0 Å². The molecule has 1 rings (SSSR count). The van der Waals surface area contributed by atoms with Crippen LogP contribution in [0.4, 0.5) is 0 Å². The fourth-order valence-electron chi connectivity index (χ4n) is 2.42. The Labute approximate surface area is 118 Å². The molecule has 1 unspecified atom stereocenters. The lowest BCUT2D eigenvalue weighted by Crippen LogP contribution is -2.25. The molecule has 1 atom stereocenters. The van der Waals surface area contributed by atoms with E-state index in [2.05, 4.69) is 6.92 Å². The fourth-order valence-corrected chi connectivity index (χ4v) is 2.42. The molecule has 1 aliphatic rings. The molecule has 0 spiro atoms. The van der Waals surface area contributed by atoms with Gasteiger partial charge in [-0.3, -0.25) is 4.79 Å². The number of hydrogen-bond donors (Lipinski definition) is 0. The summed E-state index contributed by atoms with van der Waals surface area (Å²) in [7, 11) is 0. The van der Waals surface area contributed by atoms with Crippen LogP contribution in [0.5, 0.6) is 0 Å². The van der Waals surface area contributed by atoms with E-state index in [0.717, 1.165) is 32.3 Å². The molecule has 3 nitrogen and oxygen atoms in total. The van der Waals surface area contributed by atoms with Gasteiger partial charge in [0.2, 0.25) is 0 Å². The van der Waals surface area contributed by atoms with E-state index < -0.39 is 0 Å². The molecule has 1 fully saturated rings.